The van der Waals surface area contributed by atoms with Gasteiger partial charge in [-0.1, -0.05) is 32.0 Å². The van der Waals surface area contributed by atoms with Gasteiger partial charge in [0.2, 0.25) is 11.8 Å². The van der Waals surface area contributed by atoms with Gasteiger partial charge in [0, 0.05) is 30.7 Å². The molecular weight excluding hydrogens is 278 g/mol. The molecule has 5 heteroatoms. The number of benzene rings is 1. The first-order valence-electron chi connectivity index (χ1n) is 7.92. The van der Waals surface area contributed by atoms with Crippen LogP contribution in [0.5, 0.6) is 0 Å². The van der Waals surface area contributed by atoms with E-state index in [1.54, 1.807) is 0 Å². The van der Waals surface area contributed by atoms with Crippen molar-refractivity contribution in [2.45, 2.75) is 32.7 Å². The molecule has 0 atom stereocenters. The molecule has 2 rings (SSSR count). The molecule has 0 aromatic heterocycles. The van der Waals surface area contributed by atoms with Crippen molar-refractivity contribution in [3.63, 3.8) is 0 Å². The number of para-hydroxylation sites is 1. The Morgan fingerprint density at radius 3 is 2.41 bits per heavy atom. The maximum Gasteiger partial charge on any atom is 0.238 e. The van der Waals surface area contributed by atoms with E-state index in [4.69, 9.17) is 0 Å². The Morgan fingerprint density at radius 2 is 1.82 bits per heavy atom. The van der Waals surface area contributed by atoms with Gasteiger partial charge in [-0.15, -0.1) is 0 Å². The van der Waals surface area contributed by atoms with Crippen LogP contribution in [-0.4, -0.2) is 42.4 Å². The second-order valence-corrected chi connectivity index (χ2v) is 6.13. The molecule has 1 saturated heterocycles. The highest BCUT2D eigenvalue weighted by atomic mass is 16.2. The molecule has 2 N–H and O–H groups in total. The number of hydrogen-bond donors (Lipinski definition) is 2. The first kappa shape index (κ1) is 16.5. The zero-order valence-corrected chi connectivity index (χ0v) is 13.3. The minimum atomic E-state index is 0.0101. The number of carbonyl (C=O) groups excluding carboxylic acids is 2. The predicted octanol–water partition coefficient (Wildman–Crippen LogP) is 1.86. The standard InChI is InChI=1S/C17H25N3O2/c1-13(2)17(22)19-15-8-10-20(11-9-15)12-16(21)18-14-6-4-3-5-7-14/h3-7,13,15H,8-12H2,1-2H3,(H,18,21)(H,19,22). The number of likely N-dealkylation sites (tertiary alicyclic amines) is 1. The summed E-state index contributed by atoms with van der Waals surface area (Å²) in [4.78, 5) is 25.8. The zero-order chi connectivity index (χ0) is 15.9. The molecule has 0 unspecified atom stereocenters. The van der Waals surface area contributed by atoms with Crippen LogP contribution in [0.1, 0.15) is 26.7 Å². The Bertz CT molecular complexity index is 494. The summed E-state index contributed by atoms with van der Waals surface area (Å²) in [6.45, 7) is 5.88. The molecule has 0 bridgehead atoms. The van der Waals surface area contributed by atoms with Gasteiger partial charge < -0.3 is 10.6 Å². The zero-order valence-electron chi connectivity index (χ0n) is 13.3. The lowest BCUT2D eigenvalue weighted by molar-refractivity contribution is -0.125. The van der Waals surface area contributed by atoms with Crippen LogP contribution in [0.2, 0.25) is 0 Å². The van der Waals surface area contributed by atoms with Crippen molar-refractivity contribution < 1.29 is 9.59 Å². The highest BCUT2D eigenvalue weighted by molar-refractivity contribution is 5.92. The quantitative estimate of drug-likeness (QED) is 0.873. The summed E-state index contributed by atoms with van der Waals surface area (Å²) in [5.41, 5.74) is 0.826. The second kappa shape index (κ2) is 7.94. The molecule has 1 aromatic carbocycles. The first-order valence-corrected chi connectivity index (χ1v) is 7.92. The molecule has 0 aliphatic carbocycles. The molecule has 0 spiro atoms. The number of hydrogen-bond acceptors (Lipinski definition) is 3. The van der Waals surface area contributed by atoms with Crippen LogP contribution in [0.3, 0.4) is 0 Å². The van der Waals surface area contributed by atoms with Crippen LogP contribution >= 0.6 is 0 Å². The van der Waals surface area contributed by atoms with Gasteiger partial charge in [0.1, 0.15) is 0 Å². The second-order valence-electron chi connectivity index (χ2n) is 6.13. The summed E-state index contributed by atoms with van der Waals surface area (Å²) in [5, 5.41) is 5.96. The molecule has 120 valence electrons. The van der Waals surface area contributed by atoms with Gasteiger partial charge in [0.25, 0.3) is 0 Å². The number of piperidine rings is 1. The van der Waals surface area contributed by atoms with E-state index in [1.807, 2.05) is 44.2 Å². The minimum absolute atomic E-state index is 0.0101. The Hall–Kier alpha value is -1.88. The minimum Gasteiger partial charge on any atom is -0.353 e. The molecule has 1 aliphatic rings. The van der Waals surface area contributed by atoms with Crippen LogP contribution in [0.4, 0.5) is 5.69 Å². The number of anilines is 1. The lowest BCUT2D eigenvalue weighted by atomic mass is 10.0. The molecule has 22 heavy (non-hydrogen) atoms. The summed E-state index contributed by atoms with van der Waals surface area (Å²) in [7, 11) is 0. The van der Waals surface area contributed by atoms with Crippen molar-refractivity contribution in [3.05, 3.63) is 30.3 Å². The molecule has 5 nitrogen and oxygen atoms in total. The molecule has 1 heterocycles. The maximum atomic E-state index is 12.0. The average molecular weight is 303 g/mol. The van der Waals surface area contributed by atoms with E-state index in [-0.39, 0.29) is 23.8 Å². The third-order valence-corrected chi connectivity index (χ3v) is 3.88. The topological polar surface area (TPSA) is 61.4 Å². The van der Waals surface area contributed by atoms with E-state index in [9.17, 15) is 9.59 Å². The normalized spacial score (nSPS) is 16.5. The number of amides is 2. The summed E-state index contributed by atoms with van der Waals surface area (Å²) >= 11 is 0. The molecule has 2 amide bonds. The number of carbonyl (C=O) groups is 2. The molecule has 1 aromatic rings. The van der Waals surface area contributed by atoms with E-state index in [2.05, 4.69) is 15.5 Å². The third kappa shape index (κ3) is 5.15. The Morgan fingerprint density at radius 1 is 1.18 bits per heavy atom. The van der Waals surface area contributed by atoms with Gasteiger partial charge in [0.05, 0.1) is 6.54 Å². The summed E-state index contributed by atoms with van der Waals surface area (Å²) in [5.74, 6) is 0.144. The smallest absolute Gasteiger partial charge is 0.238 e. The molecule has 0 radical (unpaired) electrons. The summed E-state index contributed by atoms with van der Waals surface area (Å²) in [6, 6.07) is 9.73. The Labute approximate surface area is 132 Å². The largest absolute Gasteiger partial charge is 0.353 e. The van der Waals surface area contributed by atoms with Crippen molar-refractivity contribution >= 4 is 17.5 Å². The van der Waals surface area contributed by atoms with Crippen molar-refractivity contribution in [1.82, 2.24) is 10.2 Å². The summed E-state index contributed by atoms with van der Waals surface area (Å²) < 4.78 is 0. The fourth-order valence-corrected chi connectivity index (χ4v) is 2.53. The number of nitrogens with zero attached hydrogens (tertiary/aromatic N) is 1. The van der Waals surface area contributed by atoms with E-state index >= 15 is 0 Å². The van der Waals surface area contributed by atoms with Crippen molar-refractivity contribution in [1.29, 1.82) is 0 Å². The molecule has 1 aliphatic heterocycles. The van der Waals surface area contributed by atoms with Gasteiger partial charge >= 0.3 is 0 Å². The SMILES string of the molecule is CC(C)C(=O)NC1CCN(CC(=O)Nc2ccccc2)CC1. The van der Waals surface area contributed by atoms with E-state index in [1.165, 1.54) is 0 Å². The maximum absolute atomic E-state index is 12.0. The van der Waals surface area contributed by atoms with Crippen LogP contribution in [-0.2, 0) is 9.59 Å². The Kier molecular flexibility index (Phi) is 5.95. The predicted molar refractivity (Wildman–Crippen MR) is 87.5 cm³/mol. The van der Waals surface area contributed by atoms with Crippen molar-refractivity contribution in [2.75, 3.05) is 25.0 Å². The number of nitrogens with one attached hydrogen (secondary N) is 2. The summed E-state index contributed by atoms with van der Waals surface area (Å²) in [6.07, 6.45) is 1.80. The number of rotatable bonds is 5. The average Bonchev–Trinajstić information content (AvgIpc) is 2.50. The first-order chi connectivity index (χ1) is 10.5. The lowest BCUT2D eigenvalue weighted by Crippen LogP contribution is -2.47. The molecular formula is C17H25N3O2. The molecule has 0 saturated carbocycles. The highest BCUT2D eigenvalue weighted by Crippen LogP contribution is 2.11. The van der Waals surface area contributed by atoms with Gasteiger partial charge in [-0.25, -0.2) is 0 Å². The highest BCUT2D eigenvalue weighted by Gasteiger charge is 2.22. The third-order valence-electron chi connectivity index (χ3n) is 3.88. The monoisotopic (exact) mass is 303 g/mol. The van der Waals surface area contributed by atoms with E-state index in [0.717, 1.165) is 31.6 Å². The Balaban J connectivity index is 1.71. The van der Waals surface area contributed by atoms with E-state index in [0.29, 0.717) is 6.54 Å². The van der Waals surface area contributed by atoms with Crippen molar-refractivity contribution in [2.24, 2.45) is 5.92 Å². The van der Waals surface area contributed by atoms with Gasteiger partial charge in [-0.05, 0) is 25.0 Å². The van der Waals surface area contributed by atoms with E-state index < -0.39 is 0 Å². The molecule has 1 fully saturated rings. The van der Waals surface area contributed by atoms with Crippen LogP contribution in [0.15, 0.2) is 30.3 Å². The van der Waals surface area contributed by atoms with Crippen LogP contribution < -0.4 is 10.6 Å². The fourth-order valence-electron chi connectivity index (χ4n) is 2.53. The van der Waals surface area contributed by atoms with Gasteiger partial charge in [0.15, 0.2) is 0 Å². The van der Waals surface area contributed by atoms with Crippen LogP contribution in [0, 0.1) is 5.92 Å². The lowest BCUT2D eigenvalue weighted by Gasteiger charge is -2.32. The van der Waals surface area contributed by atoms with Crippen LogP contribution in [0.25, 0.3) is 0 Å². The fraction of sp³-hybridized carbons (Fsp3) is 0.529. The van der Waals surface area contributed by atoms with Gasteiger partial charge in [-0.3, -0.25) is 14.5 Å². The van der Waals surface area contributed by atoms with Gasteiger partial charge in [-0.2, -0.15) is 0 Å². The van der Waals surface area contributed by atoms with Crippen molar-refractivity contribution in [3.8, 4) is 0 Å².